The minimum atomic E-state index is -0.329. The number of nitrogens with zero attached hydrogens (tertiary/aromatic N) is 1. The first-order chi connectivity index (χ1) is 11.2. The van der Waals surface area contributed by atoms with E-state index in [1.54, 1.807) is 0 Å². The van der Waals surface area contributed by atoms with Crippen LogP contribution >= 0.6 is 0 Å². The van der Waals surface area contributed by atoms with Crippen molar-refractivity contribution in [2.24, 2.45) is 5.73 Å². The lowest BCUT2D eigenvalue weighted by Gasteiger charge is -2.18. The largest absolute Gasteiger partial charge is 0.320 e. The van der Waals surface area contributed by atoms with Crippen LogP contribution in [-0.2, 0) is 19.3 Å². The monoisotopic (exact) mass is 308 g/mol. The smallest absolute Gasteiger partial charge is 0.256 e. The van der Waals surface area contributed by atoms with Gasteiger partial charge in [0.15, 0.2) is 0 Å². The quantitative estimate of drug-likeness (QED) is 0.942. The second-order valence-corrected chi connectivity index (χ2v) is 6.90. The van der Waals surface area contributed by atoms with Crippen LogP contribution in [-0.4, -0.2) is 4.57 Å². The van der Waals surface area contributed by atoms with Crippen molar-refractivity contribution in [1.82, 2.24) is 4.57 Å². The summed E-state index contributed by atoms with van der Waals surface area (Å²) in [5.41, 5.74) is 12.3. The lowest BCUT2D eigenvalue weighted by Crippen LogP contribution is -2.30. The summed E-state index contributed by atoms with van der Waals surface area (Å²) in [6, 6.07) is 10.5. The third-order valence-electron chi connectivity index (χ3n) is 5.31. The van der Waals surface area contributed by atoms with Crippen molar-refractivity contribution in [2.45, 2.75) is 57.5 Å². The maximum Gasteiger partial charge on any atom is 0.256 e. The van der Waals surface area contributed by atoms with Gasteiger partial charge < -0.3 is 10.3 Å². The highest BCUT2D eigenvalue weighted by Crippen LogP contribution is 2.37. The van der Waals surface area contributed by atoms with E-state index in [0.717, 1.165) is 49.7 Å². The Bertz CT molecular complexity index is 785. The summed E-state index contributed by atoms with van der Waals surface area (Å²) in [5.74, 6) is 0. The zero-order chi connectivity index (χ0) is 16.0. The number of benzene rings is 1. The molecule has 3 heteroatoms. The summed E-state index contributed by atoms with van der Waals surface area (Å²) >= 11 is 0. The molecule has 0 radical (unpaired) electrons. The minimum absolute atomic E-state index is 0.139. The van der Waals surface area contributed by atoms with E-state index in [0.29, 0.717) is 6.04 Å². The molecule has 4 rings (SSSR count). The van der Waals surface area contributed by atoms with Crippen LogP contribution in [0.2, 0.25) is 0 Å². The van der Waals surface area contributed by atoms with Gasteiger partial charge in [-0.3, -0.25) is 4.79 Å². The lowest BCUT2D eigenvalue weighted by molar-refractivity contribution is 0.648. The summed E-state index contributed by atoms with van der Waals surface area (Å²) in [7, 11) is 0. The first-order valence-electron chi connectivity index (χ1n) is 8.80. The van der Waals surface area contributed by atoms with Gasteiger partial charge >= 0.3 is 0 Å². The second-order valence-electron chi connectivity index (χ2n) is 6.90. The van der Waals surface area contributed by atoms with Gasteiger partial charge in [-0.1, -0.05) is 31.2 Å². The number of pyridine rings is 1. The van der Waals surface area contributed by atoms with Crippen LogP contribution in [0.4, 0.5) is 0 Å². The molecule has 2 aliphatic carbocycles. The Hall–Kier alpha value is -1.87. The van der Waals surface area contributed by atoms with E-state index in [9.17, 15) is 4.79 Å². The maximum absolute atomic E-state index is 13.0. The fourth-order valence-corrected chi connectivity index (χ4v) is 3.77. The molecule has 2 N–H and O–H groups in total. The average molecular weight is 308 g/mol. The molecule has 0 spiro atoms. The first kappa shape index (κ1) is 14.7. The molecule has 0 aliphatic heterocycles. The Labute approximate surface area is 137 Å². The summed E-state index contributed by atoms with van der Waals surface area (Å²) in [4.78, 5) is 13.0. The zero-order valence-corrected chi connectivity index (χ0v) is 13.7. The van der Waals surface area contributed by atoms with Crippen LogP contribution in [0, 0.1) is 0 Å². The number of fused-ring (bicyclic) bond motifs is 1. The van der Waals surface area contributed by atoms with Crippen LogP contribution in [0.3, 0.4) is 0 Å². The standard InChI is InChI=1S/C20H24N2O/c1-2-13-6-8-14(9-7-13)19(21)17-12-15-4-3-5-18(15)22(20(17)23)16-10-11-16/h6-9,12,16,19H,2-5,10-11,21H2,1H3. The number of aryl methyl sites for hydroxylation is 2. The van der Waals surface area contributed by atoms with Gasteiger partial charge in [0.1, 0.15) is 0 Å². The Balaban J connectivity index is 1.78. The predicted molar refractivity (Wildman–Crippen MR) is 92.8 cm³/mol. The molecule has 1 unspecified atom stereocenters. The molecule has 1 aromatic heterocycles. The highest BCUT2D eigenvalue weighted by Gasteiger charge is 2.31. The van der Waals surface area contributed by atoms with Gasteiger partial charge in [-0.25, -0.2) is 0 Å². The highest BCUT2D eigenvalue weighted by atomic mass is 16.1. The van der Waals surface area contributed by atoms with Crippen LogP contribution in [0.15, 0.2) is 35.1 Å². The van der Waals surface area contributed by atoms with Crippen molar-refractivity contribution in [3.8, 4) is 0 Å². The topological polar surface area (TPSA) is 48.0 Å². The van der Waals surface area contributed by atoms with E-state index >= 15 is 0 Å². The molecule has 2 aliphatic rings. The molecule has 0 saturated heterocycles. The number of aromatic nitrogens is 1. The molecule has 23 heavy (non-hydrogen) atoms. The van der Waals surface area contributed by atoms with Gasteiger partial charge in [-0.05, 0) is 61.3 Å². The fraction of sp³-hybridized carbons (Fsp3) is 0.450. The molecular formula is C20H24N2O. The lowest BCUT2D eigenvalue weighted by atomic mass is 9.97. The number of rotatable bonds is 4. The predicted octanol–water partition coefficient (Wildman–Crippen LogP) is 3.28. The van der Waals surface area contributed by atoms with Crippen molar-refractivity contribution >= 4 is 0 Å². The normalized spacial score (nSPS) is 18.0. The molecule has 1 saturated carbocycles. The third-order valence-corrected chi connectivity index (χ3v) is 5.31. The van der Waals surface area contributed by atoms with Crippen molar-refractivity contribution in [2.75, 3.05) is 0 Å². The molecule has 2 aromatic rings. The molecule has 0 amide bonds. The van der Waals surface area contributed by atoms with Crippen molar-refractivity contribution in [3.05, 3.63) is 68.6 Å². The third kappa shape index (κ3) is 2.53. The summed E-state index contributed by atoms with van der Waals surface area (Å²) in [5, 5.41) is 0. The van der Waals surface area contributed by atoms with Crippen LogP contribution in [0.1, 0.15) is 66.2 Å². The Morgan fingerprint density at radius 1 is 1.22 bits per heavy atom. The van der Waals surface area contributed by atoms with E-state index in [1.165, 1.54) is 16.8 Å². The zero-order valence-electron chi connectivity index (χ0n) is 13.7. The molecule has 1 atom stereocenters. The SMILES string of the molecule is CCc1ccc(C(N)c2cc3c(n(C4CC4)c2=O)CCC3)cc1. The van der Waals surface area contributed by atoms with Crippen molar-refractivity contribution in [1.29, 1.82) is 0 Å². The first-order valence-corrected chi connectivity index (χ1v) is 8.80. The average Bonchev–Trinajstić information content (AvgIpc) is 3.30. The van der Waals surface area contributed by atoms with Gasteiger partial charge in [-0.15, -0.1) is 0 Å². The molecule has 0 bridgehead atoms. The summed E-state index contributed by atoms with van der Waals surface area (Å²) < 4.78 is 2.07. The molecule has 1 fully saturated rings. The number of nitrogens with two attached hydrogens (primary N) is 1. The summed E-state index contributed by atoms with van der Waals surface area (Å²) in [6.45, 7) is 2.14. The van der Waals surface area contributed by atoms with Gasteiger partial charge in [0.2, 0.25) is 0 Å². The van der Waals surface area contributed by atoms with Gasteiger partial charge in [0.25, 0.3) is 5.56 Å². The minimum Gasteiger partial charge on any atom is -0.320 e. The second kappa shape index (κ2) is 5.64. The highest BCUT2D eigenvalue weighted by molar-refractivity contribution is 5.38. The van der Waals surface area contributed by atoms with E-state index < -0.39 is 0 Å². The van der Waals surface area contributed by atoms with Gasteiger partial charge in [0.05, 0.1) is 6.04 Å². The molecule has 1 heterocycles. The van der Waals surface area contributed by atoms with E-state index in [4.69, 9.17) is 5.73 Å². The van der Waals surface area contributed by atoms with Crippen molar-refractivity contribution in [3.63, 3.8) is 0 Å². The molecule has 3 nitrogen and oxygen atoms in total. The molecular weight excluding hydrogens is 284 g/mol. The molecule has 1 aromatic carbocycles. The van der Waals surface area contributed by atoms with E-state index in [1.807, 2.05) is 0 Å². The van der Waals surface area contributed by atoms with Crippen LogP contribution in [0.25, 0.3) is 0 Å². The molecule has 120 valence electrons. The maximum atomic E-state index is 13.0. The Morgan fingerprint density at radius 2 is 1.96 bits per heavy atom. The number of hydrogen-bond donors (Lipinski definition) is 1. The summed E-state index contributed by atoms with van der Waals surface area (Å²) in [6.07, 6.45) is 6.57. The van der Waals surface area contributed by atoms with Crippen LogP contribution in [0.5, 0.6) is 0 Å². The van der Waals surface area contributed by atoms with E-state index in [-0.39, 0.29) is 11.6 Å². The van der Waals surface area contributed by atoms with Crippen molar-refractivity contribution < 1.29 is 0 Å². The number of hydrogen-bond acceptors (Lipinski definition) is 2. The Kier molecular flexibility index (Phi) is 3.61. The van der Waals surface area contributed by atoms with Crippen LogP contribution < -0.4 is 11.3 Å². The Morgan fingerprint density at radius 3 is 2.61 bits per heavy atom. The fourth-order valence-electron chi connectivity index (χ4n) is 3.77. The van der Waals surface area contributed by atoms with Gasteiger partial charge in [-0.2, -0.15) is 0 Å². The van der Waals surface area contributed by atoms with E-state index in [2.05, 4.69) is 41.8 Å². The van der Waals surface area contributed by atoms with Gasteiger partial charge in [0, 0.05) is 17.3 Å².